The molecule has 1 heterocycles. The van der Waals surface area contributed by atoms with Crippen molar-refractivity contribution >= 4 is 0 Å². The zero-order valence-corrected chi connectivity index (χ0v) is 7.95. The molecule has 0 radical (unpaired) electrons. The van der Waals surface area contributed by atoms with Crippen molar-refractivity contribution in [2.75, 3.05) is 6.61 Å². The van der Waals surface area contributed by atoms with Gasteiger partial charge in [0.05, 0.1) is 24.9 Å². The van der Waals surface area contributed by atoms with Crippen LogP contribution in [0.3, 0.4) is 0 Å². The smallest absolute Gasteiger partial charge is 0.0841 e. The zero-order chi connectivity index (χ0) is 8.55. The zero-order valence-electron chi connectivity index (χ0n) is 7.95. The molecule has 0 spiro atoms. The number of rotatable bonds is 0. The molecule has 2 heteroatoms. The predicted molar refractivity (Wildman–Crippen MR) is 47.1 cm³/mol. The van der Waals surface area contributed by atoms with Crippen LogP contribution in [0.1, 0.15) is 33.1 Å². The third-order valence-corrected chi connectivity index (χ3v) is 2.95. The molecule has 2 fully saturated rings. The van der Waals surface area contributed by atoms with Crippen LogP contribution in [0.4, 0.5) is 0 Å². The van der Waals surface area contributed by atoms with Gasteiger partial charge in [0, 0.05) is 0 Å². The SMILES string of the molecule is CC1CCC2OC(C)COC2C1. The summed E-state index contributed by atoms with van der Waals surface area (Å²) in [7, 11) is 0. The summed E-state index contributed by atoms with van der Waals surface area (Å²) in [5.74, 6) is 0.822. The van der Waals surface area contributed by atoms with E-state index in [2.05, 4.69) is 13.8 Å². The summed E-state index contributed by atoms with van der Waals surface area (Å²) in [6.07, 6.45) is 4.78. The van der Waals surface area contributed by atoms with E-state index in [1.165, 1.54) is 19.3 Å². The molecule has 0 bridgehead atoms. The molecule has 1 aliphatic carbocycles. The fraction of sp³-hybridized carbons (Fsp3) is 1.00. The summed E-state index contributed by atoms with van der Waals surface area (Å²) in [6, 6.07) is 0. The average molecular weight is 170 g/mol. The number of fused-ring (bicyclic) bond motifs is 1. The number of hydrogen-bond donors (Lipinski definition) is 0. The van der Waals surface area contributed by atoms with Crippen molar-refractivity contribution in [2.45, 2.75) is 51.4 Å². The van der Waals surface area contributed by atoms with Crippen LogP contribution in [0.2, 0.25) is 0 Å². The summed E-state index contributed by atoms with van der Waals surface area (Å²) >= 11 is 0. The Kier molecular flexibility index (Phi) is 2.37. The van der Waals surface area contributed by atoms with Crippen LogP contribution < -0.4 is 0 Å². The second kappa shape index (κ2) is 3.35. The highest BCUT2D eigenvalue weighted by Crippen LogP contribution is 2.31. The van der Waals surface area contributed by atoms with Crippen LogP contribution >= 0.6 is 0 Å². The third-order valence-electron chi connectivity index (χ3n) is 2.95. The van der Waals surface area contributed by atoms with Gasteiger partial charge in [-0.05, 0) is 32.1 Å². The molecule has 0 aromatic carbocycles. The first-order valence-electron chi connectivity index (χ1n) is 5.03. The topological polar surface area (TPSA) is 18.5 Å². The molecule has 0 amide bonds. The molecule has 2 rings (SSSR count). The van der Waals surface area contributed by atoms with Gasteiger partial charge < -0.3 is 9.47 Å². The summed E-state index contributed by atoms with van der Waals surface area (Å²) in [5.41, 5.74) is 0. The van der Waals surface area contributed by atoms with E-state index >= 15 is 0 Å². The minimum absolute atomic E-state index is 0.305. The first-order chi connectivity index (χ1) is 5.75. The van der Waals surface area contributed by atoms with E-state index in [1.807, 2.05) is 0 Å². The van der Waals surface area contributed by atoms with Crippen LogP contribution in [-0.2, 0) is 9.47 Å². The molecule has 2 aliphatic rings. The van der Waals surface area contributed by atoms with E-state index < -0.39 is 0 Å². The molecule has 4 unspecified atom stereocenters. The monoisotopic (exact) mass is 170 g/mol. The van der Waals surface area contributed by atoms with Crippen molar-refractivity contribution in [3.63, 3.8) is 0 Å². The lowest BCUT2D eigenvalue weighted by Gasteiger charge is -2.40. The molecule has 70 valence electrons. The van der Waals surface area contributed by atoms with Gasteiger partial charge in [0.1, 0.15) is 0 Å². The minimum Gasteiger partial charge on any atom is -0.373 e. The lowest BCUT2D eigenvalue weighted by molar-refractivity contribution is -0.191. The fourth-order valence-electron chi connectivity index (χ4n) is 2.23. The molecule has 12 heavy (non-hydrogen) atoms. The van der Waals surface area contributed by atoms with Crippen molar-refractivity contribution < 1.29 is 9.47 Å². The van der Waals surface area contributed by atoms with Gasteiger partial charge in [-0.1, -0.05) is 6.92 Å². The highest BCUT2D eigenvalue weighted by molar-refractivity contribution is 4.83. The predicted octanol–water partition coefficient (Wildman–Crippen LogP) is 1.98. The Morgan fingerprint density at radius 3 is 2.75 bits per heavy atom. The standard InChI is InChI=1S/C10H18O2/c1-7-3-4-9-10(5-7)11-6-8(2)12-9/h7-10H,3-6H2,1-2H3. The van der Waals surface area contributed by atoms with Gasteiger partial charge in [-0.25, -0.2) is 0 Å². The Labute approximate surface area is 74.2 Å². The molecule has 2 nitrogen and oxygen atoms in total. The third kappa shape index (κ3) is 1.64. The summed E-state index contributed by atoms with van der Waals surface area (Å²) < 4.78 is 11.6. The Morgan fingerprint density at radius 2 is 1.92 bits per heavy atom. The van der Waals surface area contributed by atoms with Gasteiger partial charge in [-0.3, -0.25) is 0 Å². The van der Waals surface area contributed by atoms with E-state index in [0.29, 0.717) is 18.3 Å². The van der Waals surface area contributed by atoms with Crippen LogP contribution in [0, 0.1) is 5.92 Å². The fourth-order valence-corrected chi connectivity index (χ4v) is 2.23. The molecule has 1 aliphatic heterocycles. The maximum Gasteiger partial charge on any atom is 0.0841 e. The maximum atomic E-state index is 5.81. The van der Waals surface area contributed by atoms with E-state index in [9.17, 15) is 0 Å². The highest BCUT2D eigenvalue weighted by Gasteiger charge is 2.34. The van der Waals surface area contributed by atoms with Crippen LogP contribution in [0.25, 0.3) is 0 Å². The summed E-state index contributed by atoms with van der Waals surface area (Å²) in [4.78, 5) is 0. The van der Waals surface area contributed by atoms with Crippen LogP contribution in [0.15, 0.2) is 0 Å². The average Bonchev–Trinajstić information content (AvgIpc) is 2.05. The van der Waals surface area contributed by atoms with Gasteiger partial charge in [0.2, 0.25) is 0 Å². The van der Waals surface area contributed by atoms with E-state index in [-0.39, 0.29) is 0 Å². The maximum absolute atomic E-state index is 5.81. The van der Waals surface area contributed by atoms with Gasteiger partial charge >= 0.3 is 0 Å². The molecule has 0 aromatic heterocycles. The van der Waals surface area contributed by atoms with Crippen molar-refractivity contribution in [1.82, 2.24) is 0 Å². The molecular weight excluding hydrogens is 152 g/mol. The first-order valence-corrected chi connectivity index (χ1v) is 5.03. The molecule has 1 saturated heterocycles. The summed E-state index contributed by atoms with van der Waals surface area (Å²) in [5, 5.41) is 0. The van der Waals surface area contributed by atoms with Crippen molar-refractivity contribution in [3.05, 3.63) is 0 Å². The minimum atomic E-state index is 0.305. The number of hydrogen-bond acceptors (Lipinski definition) is 2. The molecule has 4 atom stereocenters. The normalized spacial score (nSPS) is 48.5. The van der Waals surface area contributed by atoms with Crippen molar-refractivity contribution in [1.29, 1.82) is 0 Å². The van der Waals surface area contributed by atoms with Gasteiger partial charge in [-0.15, -0.1) is 0 Å². The van der Waals surface area contributed by atoms with E-state index in [0.717, 1.165) is 12.5 Å². The Bertz CT molecular complexity index is 140. The Hall–Kier alpha value is -0.0800. The first kappa shape index (κ1) is 8.52. The second-order valence-corrected chi connectivity index (χ2v) is 4.28. The summed E-state index contributed by atoms with van der Waals surface area (Å²) in [6.45, 7) is 5.18. The van der Waals surface area contributed by atoms with Gasteiger partial charge in [-0.2, -0.15) is 0 Å². The second-order valence-electron chi connectivity index (χ2n) is 4.28. The quantitative estimate of drug-likeness (QED) is 0.553. The molecule has 1 saturated carbocycles. The highest BCUT2D eigenvalue weighted by atomic mass is 16.6. The van der Waals surface area contributed by atoms with Gasteiger partial charge in [0.25, 0.3) is 0 Å². The lowest BCUT2D eigenvalue weighted by atomic mass is 9.86. The molecule has 0 aromatic rings. The van der Waals surface area contributed by atoms with E-state index in [4.69, 9.17) is 9.47 Å². The Morgan fingerprint density at radius 1 is 1.08 bits per heavy atom. The lowest BCUT2D eigenvalue weighted by Crippen LogP contribution is -2.45. The molecule has 0 N–H and O–H groups in total. The molecular formula is C10H18O2. The van der Waals surface area contributed by atoms with Crippen molar-refractivity contribution in [3.8, 4) is 0 Å². The van der Waals surface area contributed by atoms with Crippen molar-refractivity contribution in [2.24, 2.45) is 5.92 Å². The Balaban J connectivity index is 1.94. The van der Waals surface area contributed by atoms with Crippen LogP contribution in [0.5, 0.6) is 0 Å². The van der Waals surface area contributed by atoms with Gasteiger partial charge in [0.15, 0.2) is 0 Å². The van der Waals surface area contributed by atoms with Crippen LogP contribution in [-0.4, -0.2) is 24.9 Å². The number of ether oxygens (including phenoxy) is 2. The largest absolute Gasteiger partial charge is 0.373 e. The van der Waals surface area contributed by atoms with E-state index in [1.54, 1.807) is 0 Å².